The minimum atomic E-state index is -0.185. The molecule has 0 N–H and O–H groups in total. The lowest BCUT2D eigenvalue weighted by Crippen LogP contribution is -2.47. The molecule has 170 valence electrons. The van der Waals surface area contributed by atoms with E-state index in [1.54, 1.807) is 24.0 Å². The van der Waals surface area contributed by atoms with E-state index in [0.717, 1.165) is 22.6 Å². The van der Waals surface area contributed by atoms with Crippen LogP contribution in [0.2, 0.25) is 5.02 Å². The van der Waals surface area contributed by atoms with Gasteiger partial charge in [-0.1, -0.05) is 29.8 Å². The predicted octanol–water partition coefficient (Wildman–Crippen LogP) is 5.94. The Kier molecular flexibility index (Phi) is 6.43. The van der Waals surface area contributed by atoms with E-state index in [-0.39, 0.29) is 23.9 Å². The number of halogens is 1. The Hall–Kier alpha value is -3.31. The smallest absolute Gasteiger partial charge is 0.258 e. The highest BCUT2D eigenvalue weighted by molar-refractivity contribution is 6.30. The van der Waals surface area contributed by atoms with Crippen LogP contribution in [0.5, 0.6) is 0 Å². The number of amides is 2. The average molecular weight is 462 g/mol. The Morgan fingerprint density at radius 1 is 0.909 bits per heavy atom. The Labute approximate surface area is 200 Å². The second-order valence-corrected chi connectivity index (χ2v) is 9.08. The fourth-order valence-corrected chi connectivity index (χ4v) is 4.69. The lowest BCUT2D eigenvalue weighted by molar-refractivity contribution is -0.117. The molecule has 0 saturated heterocycles. The number of rotatable bonds is 4. The maximum absolute atomic E-state index is 13.6. The first kappa shape index (κ1) is 22.9. The first-order valence-corrected chi connectivity index (χ1v) is 11.4. The lowest BCUT2D eigenvalue weighted by atomic mass is 9.89. The third-order valence-corrected chi connectivity index (χ3v) is 6.42. The molecule has 0 bridgehead atoms. The van der Waals surface area contributed by atoms with E-state index >= 15 is 0 Å². The van der Waals surface area contributed by atoms with Gasteiger partial charge in [0.1, 0.15) is 0 Å². The topological polar surface area (TPSA) is 43.9 Å². The van der Waals surface area contributed by atoms with Gasteiger partial charge in [-0.25, -0.2) is 0 Å². The number of anilines is 3. The third-order valence-electron chi connectivity index (χ3n) is 6.17. The zero-order chi connectivity index (χ0) is 23.7. The van der Waals surface area contributed by atoms with Gasteiger partial charge in [-0.05, 0) is 73.5 Å². The highest BCUT2D eigenvalue weighted by Crippen LogP contribution is 2.42. The first-order chi connectivity index (χ1) is 15.8. The fraction of sp³-hybridized carbons (Fsp3) is 0.259. The van der Waals surface area contributed by atoms with Crippen molar-refractivity contribution in [2.75, 3.05) is 28.8 Å². The van der Waals surface area contributed by atoms with Gasteiger partial charge in [-0.15, -0.1) is 0 Å². The molecule has 0 radical (unpaired) electrons. The monoisotopic (exact) mass is 461 g/mol. The molecule has 0 fully saturated rings. The predicted molar refractivity (Wildman–Crippen MR) is 135 cm³/mol. The molecule has 0 spiro atoms. The SMILES string of the molecule is CC(=O)N(c1ccc(Cl)cc1)C1CC(C)N(C(=O)c2ccc(N(C)C)cc2)c2ccccc21. The summed E-state index contributed by atoms with van der Waals surface area (Å²) >= 11 is 6.07. The summed E-state index contributed by atoms with van der Waals surface area (Å²) in [7, 11) is 3.95. The summed E-state index contributed by atoms with van der Waals surface area (Å²) in [6.07, 6.45) is 0.626. The maximum atomic E-state index is 13.6. The van der Waals surface area contributed by atoms with E-state index in [9.17, 15) is 9.59 Å². The van der Waals surface area contributed by atoms with Crippen LogP contribution in [-0.2, 0) is 4.79 Å². The Morgan fingerprint density at radius 2 is 1.52 bits per heavy atom. The van der Waals surface area contributed by atoms with Gasteiger partial charge in [0.2, 0.25) is 5.91 Å². The first-order valence-electron chi connectivity index (χ1n) is 11.0. The average Bonchev–Trinajstić information content (AvgIpc) is 2.80. The molecule has 2 amide bonds. The number of hydrogen-bond acceptors (Lipinski definition) is 3. The van der Waals surface area contributed by atoms with E-state index in [2.05, 4.69) is 0 Å². The Bertz CT molecular complexity index is 1160. The summed E-state index contributed by atoms with van der Waals surface area (Å²) < 4.78 is 0. The number of hydrogen-bond donors (Lipinski definition) is 0. The van der Waals surface area contributed by atoms with Gasteiger partial charge in [0, 0.05) is 54.7 Å². The fourth-order valence-electron chi connectivity index (χ4n) is 4.56. The van der Waals surface area contributed by atoms with Crippen molar-refractivity contribution in [3.63, 3.8) is 0 Å². The summed E-state index contributed by atoms with van der Waals surface area (Å²) in [6, 6.07) is 22.5. The molecule has 0 saturated carbocycles. The summed E-state index contributed by atoms with van der Waals surface area (Å²) in [5.74, 6) is -0.0945. The van der Waals surface area contributed by atoms with E-state index in [1.165, 1.54) is 0 Å². The molecule has 1 aliphatic rings. The molecule has 2 atom stereocenters. The van der Waals surface area contributed by atoms with E-state index in [0.29, 0.717) is 17.0 Å². The quantitative estimate of drug-likeness (QED) is 0.483. The zero-order valence-electron chi connectivity index (χ0n) is 19.3. The number of carbonyl (C=O) groups is 2. The summed E-state index contributed by atoms with van der Waals surface area (Å²) in [6.45, 7) is 3.61. The number of nitrogens with zero attached hydrogens (tertiary/aromatic N) is 3. The van der Waals surface area contributed by atoms with Gasteiger partial charge < -0.3 is 14.7 Å². The molecule has 4 rings (SSSR count). The molecule has 3 aromatic rings. The minimum absolute atomic E-state index is 0.0421. The summed E-state index contributed by atoms with van der Waals surface area (Å²) in [5.41, 5.74) is 4.26. The van der Waals surface area contributed by atoms with Gasteiger partial charge in [-0.3, -0.25) is 9.59 Å². The van der Waals surface area contributed by atoms with Crippen molar-refractivity contribution in [3.05, 3.63) is 88.9 Å². The highest BCUT2D eigenvalue weighted by Gasteiger charge is 2.38. The standard InChI is InChI=1S/C27H28ClN3O2/c1-18-17-26(31(19(2)32)23-15-11-21(28)12-16-23)24-7-5-6-8-25(24)30(18)27(33)20-9-13-22(14-10-20)29(3)4/h5-16,18,26H,17H2,1-4H3. The van der Waals surface area contributed by atoms with E-state index in [4.69, 9.17) is 11.6 Å². The molecule has 1 heterocycles. The van der Waals surface area contributed by atoms with Crippen LogP contribution in [0.4, 0.5) is 17.1 Å². The van der Waals surface area contributed by atoms with E-state index < -0.39 is 0 Å². The van der Waals surface area contributed by atoms with Gasteiger partial charge in [0.05, 0.1) is 6.04 Å². The van der Waals surface area contributed by atoms with Crippen LogP contribution in [0, 0.1) is 0 Å². The highest BCUT2D eigenvalue weighted by atomic mass is 35.5. The Morgan fingerprint density at radius 3 is 2.12 bits per heavy atom. The van der Waals surface area contributed by atoms with Crippen LogP contribution in [0.3, 0.4) is 0 Å². The summed E-state index contributed by atoms with van der Waals surface area (Å²) in [5, 5.41) is 0.622. The van der Waals surface area contributed by atoms with Gasteiger partial charge in [-0.2, -0.15) is 0 Å². The van der Waals surface area contributed by atoms with Crippen molar-refractivity contribution in [2.45, 2.75) is 32.4 Å². The van der Waals surface area contributed by atoms with Crippen molar-refractivity contribution in [1.29, 1.82) is 0 Å². The summed E-state index contributed by atoms with van der Waals surface area (Å²) in [4.78, 5) is 32.0. The number of para-hydroxylation sites is 1. The molecule has 3 aromatic carbocycles. The van der Waals surface area contributed by atoms with Gasteiger partial charge in [0.25, 0.3) is 5.91 Å². The molecule has 33 heavy (non-hydrogen) atoms. The van der Waals surface area contributed by atoms with Crippen LogP contribution < -0.4 is 14.7 Å². The molecule has 0 aromatic heterocycles. The van der Waals surface area contributed by atoms with Gasteiger partial charge >= 0.3 is 0 Å². The van der Waals surface area contributed by atoms with Crippen molar-refractivity contribution >= 4 is 40.5 Å². The molecular weight excluding hydrogens is 434 g/mol. The minimum Gasteiger partial charge on any atom is -0.378 e. The van der Waals surface area contributed by atoms with Crippen LogP contribution in [0.15, 0.2) is 72.8 Å². The maximum Gasteiger partial charge on any atom is 0.258 e. The van der Waals surface area contributed by atoms with Crippen LogP contribution in [-0.4, -0.2) is 32.0 Å². The van der Waals surface area contributed by atoms with Crippen LogP contribution in [0.25, 0.3) is 0 Å². The van der Waals surface area contributed by atoms with Crippen molar-refractivity contribution in [3.8, 4) is 0 Å². The second-order valence-electron chi connectivity index (χ2n) is 8.64. The lowest BCUT2D eigenvalue weighted by Gasteiger charge is -2.43. The number of benzene rings is 3. The van der Waals surface area contributed by atoms with Crippen LogP contribution in [0.1, 0.15) is 42.2 Å². The largest absolute Gasteiger partial charge is 0.378 e. The second kappa shape index (κ2) is 9.28. The third kappa shape index (κ3) is 4.46. The van der Waals surface area contributed by atoms with Crippen LogP contribution >= 0.6 is 11.6 Å². The Balaban J connectivity index is 1.73. The number of fused-ring (bicyclic) bond motifs is 1. The van der Waals surface area contributed by atoms with E-state index in [1.807, 2.05) is 91.5 Å². The van der Waals surface area contributed by atoms with Crippen molar-refractivity contribution < 1.29 is 9.59 Å². The normalized spacial score (nSPS) is 17.3. The molecule has 1 aliphatic heterocycles. The zero-order valence-corrected chi connectivity index (χ0v) is 20.1. The van der Waals surface area contributed by atoms with Crippen molar-refractivity contribution in [2.24, 2.45) is 0 Å². The molecule has 5 nitrogen and oxygen atoms in total. The van der Waals surface area contributed by atoms with Gasteiger partial charge in [0.15, 0.2) is 0 Å². The van der Waals surface area contributed by atoms with Crippen molar-refractivity contribution in [1.82, 2.24) is 0 Å². The molecule has 6 heteroatoms. The molecule has 0 aliphatic carbocycles. The molecular formula is C27H28ClN3O2. The molecule has 2 unspecified atom stereocenters. The number of carbonyl (C=O) groups excluding carboxylic acids is 2.